The van der Waals surface area contributed by atoms with Gasteiger partial charge in [0.15, 0.2) is 11.6 Å². The molecule has 0 atom stereocenters. The topological polar surface area (TPSA) is 146 Å². The van der Waals surface area contributed by atoms with Crippen LogP contribution in [0.15, 0.2) is 58.1 Å². The monoisotopic (exact) mass is 382 g/mol. The molecule has 10 nitrogen and oxygen atoms in total. The molecule has 10 heteroatoms. The van der Waals surface area contributed by atoms with E-state index in [-0.39, 0.29) is 11.4 Å². The predicted octanol–water partition coefficient (Wildman–Crippen LogP) is 1.23. The summed E-state index contributed by atoms with van der Waals surface area (Å²) < 4.78 is 1.68. The molecule has 2 aromatic carbocycles. The van der Waals surface area contributed by atoms with Crippen LogP contribution in [0.5, 0.6) is 0 Å². The Labute approximate surface area is 161 Å². The number of nitrogens with one attached hydrogen (secondary N) is 2. The lowest BCUT2D eigenvalue weighted by molar-refractivity contribution is 0.881. The molecule has 2 N–H and O–H groups in total. The Morgan fingerprint density at radius 2 is 1.97 bits per heavy atom. The molecule has 2 aliphatic rings. The third kappa shape index (κ3) is 2.65. The van der Waals surface area contributed by atoms with Crippen molar-refractivity contribution in [2.75, 3.05) is 0 Å². The van der Waals surface area contributed by atoms with Gasteiger partial charge in [-0.1, -0.05) is 18.2 Å². The van der Waals surface area contributed by atoms with Crippen molar-refractivity contribution in [2.24, 2.45) is 0 Å². The molecular weight excluding hydrogens is 372 g/mol. The van der Waals surface area contributed by atoms with Gasteiger partial charge in [-0.2, -0.15) is 10.2 Å². The lowest BCUT2D eigenvalue weighted by Crippen LogP contribution is -2.27. The molecular formula is C19H10N8O2. The maximum absolute atomic E-state index is 12.4. The number of benzene rings is 2. The fourth-order valence-electron chi connectivity index (χ4n) is 3.28. The van der Waals surface area contributed by atoms with E-state index in [1.165, 1.54) is 0 Å². The minimum atomic E-state index is -0.748. The molecule has 0 unspecified atom stereocenters. The molecule has 0 saturated carbocycles. The van der Waals surface area contributed by atoms with Crippen LogP contribution in [0.25, 0.3) is 39.4 Å². The summed E-state index contributed by atoms with van der Waals surface area (Å²) in [7, 11) is 0. The van der Waals surface area contributed by atoms with Crippen LogP contribution in [0.4, 0.5) is 0 Å². The van der Waals surface area contributed by atoms with Gasteiger partial charge in [-0.05, 0) is 46.1 Å². The summed E-state index contributed by atoms with van der Waals surface area (Å²) >= 11 is 0. The first-order valence-corrected chi connectivity index (χ1v) is 8.48. The zero-order valence-electron chi connectivity index (χ0n) is 14.6. The van der Waals surface area contributed by atoms with Gasteiger partial charge in [0.05, 0.1) is 22.7 Å². The van der Waals surface area contributed by atoms with E-state index in [0.717, 1.165) is 0 Å². The van der Waals surface area contributed by atoms with Crippen LogP contribution in [0.3, 0.4) is 0 Å². The second-order valence-corrected chi connectivity index (χ2v) is 6.27. The van der Waals surface area contributed by atoms with Crippen LogP contribution >= 0.6 is 0 Å². The third-order valence-corrected chi connectivity index (χ3v) is 4.55. The maximum Gasteiger partial charge on any atom is 0.349 e. The fourth-order valence-corrected chi connectivity index (χ4v) is 3.28. The number of nitrogens with zero attached hydrogens (tertiary/aromatic N) is 6. The first-order valence-electron chi connectivity index (χ1n) is 8.48. The lowest BCUT2D eigenvalue weighted by Gasteiger charge is -2.18. The third-order valence-electron chi connectivity index (χ3n) is 4.55. The molecule has 138 valence electrons. The van der Waals surface area contributed by atoms with E-state index in [0.29, 0.717) is 33.5 Å². The Bertz CT molecular complexity index is 1510. The van der Waals surface area contributed by atoms with E-state index < -0.39 is 11.2 Å². The second kappa shape index (κ2) is 6.21. The molecule has 5 rings (SSSR count). The minimum Gasteiger partial charge on any atom is -0.294 e. The second-order valence-electron chi connectivity index (χ2n) is 6.27. The quantitative estimate of drug-likeness (QED) is 0.437. The Kier molecular flexibility index (Phi) is 3.54. The van der Waals surface area contributed by atoms with Crippen LogP contribution in [-0.2, 0) is 0 Å². The summed E-state index contributed by atoms with van der Waals surface area (Å²) in [4.78, 5) is 30.6. The zero-order valence-corrected chi connectivity index (χ0v) is 14.6. The van der Waals surface area contributed by atoms with E-state index in [2.05, 4.69) is 36.7 Å². The highest BCUT2D eigenvalue weighted by Gasteiger charge is 2.19. The largest absolute Gasteiger partial charge is 0.349 e. The number of hydrogen-bond acceptors (Lipinski definition) is 7. The van der Waals surface area contributed by atoms with Crippen molar-refractivity contribution in [3.8, 4) is 34.5 Å². The summed E-state index contributed by atoms with van der Waals surface area (Å²) in [5.74, 6) is 0.652. The highest BCUT2D eigenvalue weighted by molar-refractivity contribution is 5.88. The van der Waals surface area contributed by atoms with Gasteiger partial charge in [-0.25, -0.2) is 9.89 Å². The standard InChI is InChI=1S/C19H10N8O2/c20-9-10-4-5-11-8-14-17(21-19(29)22-18(14)28)27(15(11)6-10)13-3-1-2-12(7-13)16-23-25-26-24-16/h1-8H,(H,22,28,29)(H,23,24,25,26). The summed E-state index contributed by atoms with van der Waals surface area (Å²) in [6, 6.07) is 16.1. The number of rotatable bonds is 2. The van der Waals surface area contributed by atoms with Gasteiger partial charge in [0.2, 0.25) is 0 Å². The number of H-pyrrole nitrogens is 2. The van der Waals surface area contributed by atoms with Gasteiger partial charge in [-0.3, -0.25) is 14.3 Å². The number of aromatic nitrogens is 7. The van der Waals surface area contributed by atoms with Crippen LogP contribution < -0.4 is 11.2 Å². The highest BCUT2D eigenvalue weighted by Crippen LogP contribution is 2.29. The number of fused-ring (bicyclic) bond motifs is 2. The smallest absolute Gasteiger partial charge is 0.294 e. The van der Waals surface area contributed by atoms with E-state index >= 15 is 0 Å². The van der Waals surface area contributed by atoms with Crippen LogP contribution in [0.2, 0.25) is 0 Å². The molecule has 2 aliphatic heterocycles. The van der Waals surface area contributed by atoms with E-state index in [4.69, 9.17) is 0 Å². The molecule has 0 aliphatic carbocycles. The summed E-state index contributed by atoms with van der Waals surface area (Å²) in [6.45, 7) is 0. The first kappa shape index (κ1) is 16.5. The summed E-state index contributed by atoms with van der Waals surface area (Å²) in [6.07, 6.45) is 0. The van der Waals surface area contributed by atoms with Gasteiger partial charge in [-0.15, -0.1) is 5.10 Å². The molecule has 0 fully saturated rings. The average Bonchev–Trinajstić information content (AvgIpc) is 3.27. The zero-order chi connectivity index (χ0) is 20.0. The molecule has 3 aromatic rings. The number of tetrazole rings is 1. The van der Waals surface area contributed by atoms with Crippen molar-refractivity contribution in [1.29, 1.82) is 5.26 Å². The van der Waals surface area contributed by atoms with Gasteiger partial charge < -0.3 is 0 Å². The van der Waals surface area contributed by atoms with Crippen molar-refractivity contribution in [1.82, 2.24) is 35.2 Å². The summed E-state index contributed by atoms with van der Waals surface area (Å²) in [5, 5.41) is 23.8. The molecule has 0 radical (unpaired) electrons. The maximum atomic E-state index is 12.4. The Morgan fingerprint density at radius 3 is 2.76 bits per heavy atom. The van der Waals surface area contributed by atoms with E-state index in [1.807, 2.05) is 6.07 Å². The Hall–Kier alpha value is -4.65. The Balaban J connectivity index is 1.93. The van der Waals surface area contributed by atoms with Gasteiger partial charge in [0.25, 0.3) is 5.56 Å². The molecule has 0 spiro atoms. The average molecular weight is 382 g/mol. The minimum absolute atomic E-state index is 0.189. The van der Waals surface area contributed by atoms with Crippen LogP contribution in [0.1, 0.15) is 5.56 Å². The van der Waals surface area contributed by atoms with Crippen molar-refractivity contribution in [2.45, 2.75) is 0 Å². The Morgan fingerprint density at radius 1 is 1.07 bits per heavy atom. The molecule has 29 heavy (non-hydrogen) atoms. The molecule has 3 heterocycles. The van der Waals surface area contributed by atoms with Crippen molar-refractivity contribution < 1.29 is 0 Å². The van der Waals surface area contributed by atoms with Crippen LogP contribution in [0, 0.1) is 11.3 Å². The van der Waals surface area contributed by atoms with Gasteiger partial charge in [0, 0.05) is 11.3 Å². The summed E-state index contributed by atoms with van der Waals surface area (Å²) in [5.41, 5.74) is 1.37. The SMILES string of the molecule is N#Cc1ccc2cc3c(=O)[nH]c(=O)nc-3n(-c3cccc(-c4nnn[nH]4)c3)c2c1. The lowest BCUT2D eigenvalue weighted by atomic mass is 10.1. The van der Waals surface area contributed by atoms with Gasteiger partial charge in [0.1, 0.15) is 0 Å². The van der Waals surface area contributed by atoms with Gasteiger partial charge >= 0.3 is 5.69 Å². The van der Waals surface area contributed by atoms with Crippen molar-refractivity contribution >= 4 is 10.9 Å². The van der Waals surface area contributed by atoms with Crippen molar-refractivity contribution in [3.63, 3.8) is 0 Å². The predicted molar refractivity (Wildman–Crippen MR) is 102 cm³/mol. The van der Waals surface area contributed by atoms with Crippen molar-refractivity contribution in [3.05, 3.63) is 74.9 Å². The fraction of sp³-hybridized carbons (Fsp3) is 0. The van der Waals surface area contributed by atoms with E-state index in [9.17, 15) is 14.9 Å². The number of pyridine rings is 1. The number of hydrogen-bond donors (Lipinski definition) is 2. The molecule has 0 saturated heterocycles. The van der Waals surface area contributed by atoms with E-state index in [1.54, 1.807) is 47.0 Å². The number of nitriles is 1. The number of aromatic amines is 2. The normalized spacial score (nSPS) is 11.0. The molecule has 0 bridgehead atoms. The molecule has 1 aromatic heterocycles. The highest BCUT2D eigenvalue weighted by atomic mass is 16.2. The van der Waals surface area contributed by atoms with Crippen LogP contribution in [-0.4, -0.2) is 35.2 Å². The first-order chi connectivity index (χ1) is 14.1. The molecule has 0 amide bonds.